The Labute approximate surface area is 223 Å². The van der Waals surface area contributed by atoms with Crippen LogP contribution in [-0.4, -0.2) is 51.3 Å². The molecule has 4 rings (SSSR count). The van der Waals surface area contributed by atoms with Crippen LogP contribution in [0.25, 0.3) is 0 Å². The highest BCUT2D eigenvalue weighted by molar-refractivity contribution is 5.91. The number of piperidine rings is 1. The lowest BCUT2D eigenvalue weighted by Gasteiger charge is -2.34. The van der Waals surface area contributed by atoms with E-state index in [2.05, 4.69) is 11.1 Å². The van der Waals surface area contributed by atoms with Gasteiger partial charge in [-0.1, -0.05) is 18.2 Å². The second kappa shape index (κ2) is 10.1. The number of fused-ring (bicyclic) bond motifs is 1. The monoisotopic (exact) mass is 520 g/mol. The van der Waals surface area contributed by atoms with Gasteiger partial charge in [0.05, 0.1) is 11.4 Å². The molecule has 1 aromatic carbocycles. The predicted molar refractivity (Wildman–Crippen MR) is 143 cm³/mol. The molecule has 10 nitrogen and oxygen atoms in total. The van der Waals surface area contributed by atoms with Crippen molar-refractivity contribution in [2.24, 2.45) is 0 Å². The van der Waals surface area contributed by atoms with E-state index >= 15 is 0 Å². The molecule has 2 aliphatic heterocycles. The number of nitrogens with zero attached hydrogens (tertiary/aromatic N) is 5. The van der Waals surface area contributed by atoms with Gasteiger partial charge in [0, 0.05) is 25.4 Å². The molecule has 0 saturated carbocycles. The number of carbonyl (C=O) groups is 2. The fourth-order valence-corrected chi connectivity index (χ4v) is 4.90. The molecule has 10 heteroatoms. The highest BCUT2D eigenvalue weighted by atomic mass is 16.6. The third kappa shape index (κ3) is 5.82. The van der Waals surface area contributed by atoms with Crippen molar-refractivity contribution in [3.63, 3.8) is 0 Å². The van der Waals surface area contributed by atoms with Crippen molar-refractivity contribution in [2.75, 3.05) is 23.7 Å². The fraction of sp³-hybridized carbons (Fsp3) is 0.536. The van der Waals surface area contributed by atoms with E-state index in [1.54, 1.807) is 9.80 Å². The van der Waals surface area contributed by atoms with Gasteiger partial charge in [-0.05, 0) is 66.0 Å². The summed E-state index contributed by atoms with van der Waals surface area (Å²) in [6.07, 6.45) is 1.03. The number of aromatic nitrogens is 2. The highest BCUT2D eigenvalue weighted by Crippen LogP contribution is 2.41. The van der Waals surface area contributed by atoms with Gasteiger partial charge in [0.25, 0.3) is 0 Å². The van der Waals surface area contributed by atoms with Gasteiger partial charge in [0.15, 0.2) is 5.82 Å². The molecule has 0 spiro atoms. The number of amides is 2. The van der Waals surface area contributed by atoms with Gasteiger partial charge in [0.2, 0.25) is 0 Å². The van der Waals surface area contributed by atoms with Crippen molar-refractivity contribution in [3.8, 4) is 6.07 Å². The molecule has 2 unspecified atom stereocenters. The zero-order valence-corrected chi connectivity index (χ0v) is 22.9. The van der Waals surface area contributed by atoms with Crippen LogP contribution in [0, 0.1) is 11.3 Å². The van der Waals surface area contributed by atoms with Crippen LogP contribution in [0.3, 0.4) is 0 Å². The highest BCUT2D eigenvalue weighted by Gasteiger charge is 2.40. The van der Waals surface area contributed by atoms with E-state index in [0.717, 1.165) is 24.1 Å². The van der Waals surface area contributed by atoms with Crippen LogP contribution in [-0.2, 0) is 15.9 Å². The Kier molecular flexibility index (Phi) is 7.24. The normalized spacial score (nSPS) is 19.5. The van der Waals surface area contributed by atoms with Crippen molar-refractivity contribution in [2.45, 2.75) is 84.0 Å². The van der Waals surface area contributed by atoms with E-state index < -0.39 is 29.4 Å². The van der Waals surface area contributed by atoms with Crippen LogP contribution in [0.5, 0.6) is 0 Å². The first-order chi connectivity index (χ1) is 17.8. The average Bonchev–Trinajstić information content (AvgIpc) is 3.21. The average molecular weight is 521 g/mol. The summed E-state index contributed by atoms with van der Waals surface area (Å²) < 4.78 is 11.3. The van der Waals surface area contributed by atoms with Gasteiger partial charge in [0.1, 0.15) is 34.7 Å². The van der Waals surface area contributed by atoms with Crippen molar-refractivity contribution in [1.82, 2.24) is 14.9 Å². The van der Waals surface area contributed by atoms with Crippen molar-refractivity contribution in [1.29, 1.82) is 5.26 Å². The van der Waals surface area contributed by atoms with E-state index in [1.165, 1.54) is 0 Å². The van der Waals surface area contributed by atoms with Gasteiger partial charge in [-0.3, -0.25) is 4.90 Å². The number of benzene rings is 1. The molecule has 2 aliphatic rings. The first kappa shape index (κ1) is 27.2. The Hall–Kier alpha value is -3.87. The summed E-state index contributed by atoms with van der Waals surface area (Å²) >= 11 is 0. The number of nitrogen functional groups attached to an aromatic ring is 1. The molecular weight excluding hydrogens is 484 g/mol. The van der Waals surface area contributed by atoms with Gasteiger partial charge >= 0.3 is 12.2 Å². The number of nitriles is 1. The number of hydrogen-bond donors (Lipinski definition) is 1. The van der Waals surface area contributed by atoms with Crippen LogP contribution in [0.2, 0.25) is 0 Å². The number of ether oxygens (including phenoxy) is 2. The molecule has 2 N–H and O–H groups in total. The van der Waals surface area contributed by atoms with E-state index in [0.29, 0.717) is 31.0 Å². The van der Waals surface area contributed by atoms with Crippen LogP contribution in [0.4, 0.5) is 21.1 Å². The summed E-state index contributed by atoms with van der Waals surface area (Å²) in [7, 11) is 0. The molecule has 2 atom stereocenters. The molecule has 2 amide bonds. The Morgan fingerprint density at radius 1 is 1.05 bits per heavy atom. The third-order valence-corrected chi connectivity index (χ3v) is 6.42. The topological polar surface area (TPSA) is 135 Å². The molecular formula is C28H36N6O4. The second-order valence-corrected chi connectivity index (χ2v) is 11.8. The lowest BCUT2D eigenvalue weighted by molar-refractivity contribution is 0.0196. The van der Waals surface area contributed by atoms with Crippen LogP contribution in [0.15, 0.2) is 24.3 Å². The lowest BCUT2D eigenvalue weighted by atomic mass is 9.92. The first-order valence-corrected chi connectivity index (χ1v) is 12.9. The zero-order valence-electron chi connectivity index (χ0n) is 22.9. The fourth-order valence-electron chi connectivity index (χ4n) is 4.90. The summed E-state index contributed by atoms with van der Waals surface area (Å²) in [5, 5.41) is 9.92. The Morgan fingerprint density at radius 3 is 2.37 bits per heavy atom. The van der Waals surface area contributed by atoms with Crippen LogP contribution >= 0.6 is 0 Å². The van der Waals surface area contributed by atoms with Gasteiger partial charge in [-0.2, -0.15) is 5.26 Å². The molecule has 0 aliphatic carbocycles. The maximum atomic E-state index is 13.3. The second-order valence-electron chi connectivity index (χ2n) is 11.8. The molecule has 1 aromatic heterocycles. The van der Waals surface area contributed by atoms with E-state index in [9.17, 15) is 14.9 Å². The third-order valence-electron chi connectivity index (χ3n) is 6.42. The lowest BCUT2D eigenvalue weighted by Crippen LogP contribution is -2.42. The van der Waals surface area contributed by atoms with E-state index in [1.807, 2.05) is 65.8 Å². The van der Waals surface area contributed by atoms with Crippen molar-refractivity contribution >= 4 is 23.7 Å². The van der Waals surface area contributed by atoms with Crippen molar-refractivity contribution in [3.05, 3.63) is 46.9 Å². The Balaban J connectivity index is 1.71. The van der Waals surface area contributed by atoms with E-state index in [-0.39, 0.29) is 17.3 Å². The minimum atomic E-state index is -0.692. The number of para-hydroxylation sites is 1. The molecule has 2 aromatic rings. The number of hydrogen-bond acceptors (Lipinski definition) is 8. The van der Waals surface area contributed by atoms with Gasteiger partial charge < -0.3 is 20.1 Å². The van der Waals surface area contributed by atoms with Crippen molar-refractivity contribution < 1.29 is 19.1 Å². The molecule has 202 valence electrons. The molecule has 0 radical (unpaired) electrons. The Morgan fingerprint density at radius 2 is 1.71 bits per heavy atom. The standard InChI is InChI=1S/C28H36N6O4/c1-27(2,3)37-25(35)33-13-9-11-18(16-33)22-19(15-29)23(30)32-24(31-22)21-14-17-10-7-8-12-20(17)34(21)26(36)38-28(4,5)6/h7-8,10,12,18,21H,9,11,13-14,16H2,1-6H3,(H2,30,31,32). The number of nitrogens with two attached hydrogens (primary N) is 1. The van der Waals surface area contributed by atoms with Crippen LogP contribution < -0.4 is 10.6 Å². The van der Waals surface area contributed by atoms with Gasteiger partial charge in [-0.15, -0.1) is 0 Å². The summed E-state index contributed by atoms with van der Waals surface area (Å²) in [5.41, 5.74) is 7.37. The maximum absolute atomic E-state index is 13.3. The summed E-state index contributed by atoms with van der Waals surface area (Å²) in [6, 6.07) is 9.21. The maximum Gasteiger partial charge on any atom is 0.415 e. The molecule has 38 heavy (non-hydrogen) atoms. The summed E-state index contributed by atoms with van der Waals surface area (Å²) in [4.78, 5) is 38.7. The minimum absolute atomic E-state index is 0.0574. The smallest absolute Gasteiger partial charge is 0.415 e. The zero-order chi connectivity index (χ0) is 27.8. The molecule has 1 fully saturated rings. The summed E-state index contributed by atoms with van der Waals surface area (Å²) in [6.45, 7) is 11.8. The quantitative estimate of drug-likeness (QED) is 0.579. The number of anilines is 2. The Bertz CT molecular complexity index is 1270. The van der Waals surface area contributed by atoms with Gasteiger partial charge in [-0.25, -0.2) is 19.6 Å². The minimum Gasteiger partial charge on any atom is -0.444 e. The number of carbonyl (C=O) groups excluding carboxylic acids is 2. The predicted octanol–water partition coefficient (Wildman–Crippen LogP) is 5.08. The first-order valence-electron chi connectivity index (χ1n) is 12.9. The van der Waals surface area contributed by atoms with E-state index in [4.69, 9.17) is 20.2 Å². The SMILES string of the molecule is CC(C)(C)OC(=O)N1CCCC(c2nc(C3Cc4ccccc4N3C(=O)OC(C)(C)C)nc(N)c2C#N)C1. The molecule has 0 bridgehead atoms. The van der Waals surface area contributed by atoms with Crippen LogP contribution in [0.1, 0.15) is 89.0 Å². The molecule has 3 heterocycles. The largest absolute Gasteiger partial charge is 0.444 e. The summed E-state index contributed by atoms with van der Waals surface area (Å²) in [5.74, 6) is 0.170. The molecule has 1 saturated heterocycles. The number of rotatable bonds is 2. The number of likely N-dealkylation sites (tertiary alicyclic amines) is 1.